The maximum absolute atomic E-state index is 12.6. The van der Waals surface area contributed by atoms with Gasteiger partial charge in [0.15, 0.2) is 0 Å². The van der Waals surface area contributed by atoms with Crippen LogP contribution in [0, 0.1) is 0 Å². The van der Waals surface area contributed by atoms with E-state index < -0.39 is 10.0 Å². The molecule has 1 heterocycles. The normalized spacial score (nSPS) is 11.5. The molecule has 0 saturated carbocycles. The summed E-state index contributed by atoms with van der Waals surface area (Å²) >= 11 is 1.18. The summed E-state index contributed by atoms with van der Waals surface area (Å²) in [6.07, 6.45) is 0. The lowest BCUT2D eigenvalue weighted by molar-refractivity contribution is -0.113. The molecule has 32 heavy (non-hydrogen) atoms. The van der Waals surface area contributed by atoms with Gasteiger partial charge in [-0.25, -0.2) is 8.42 Å². The summed E-state index contributed by atoms with van der Waals surface area (Å²) < 4.78 is 33.2. The fourth-order valence-corrected chi connectivity index (χ4v) is 5.05. The molecular formula is C20H24N6O4S2. The average molecular weight is 477 g/mol. The molecule has 0 aliphatic rings. The van der Waals surface area contributed by atoms with Crippen LogP contribution in [-0.2, 0) is 14.8 Å². The Morgan fingerprint density at radius 3 is 2.34 bits per heavy atom. The second-order valence-corrected chi connectivity index (χ2v) is 9.40. The number of thioether (sulfide) groups is 1. The highest BCUT2D eigenvalue weighted by Gasteiger charge is 2.21. The number of nitrogens with one attached hydrogen (secondary N) is 1. The van der Waals surface area contributed by atoms with Crippen molar-refractivity contribution >= 4 is 33.4 Å². The Labute approximate surface area is 191 Å². The lowest BCUT2D eigenvalue weighted by Crippen LogP contribution is -2.30. The minimum atomic E-state index is -3.54. The second kappa shape index (κ2) is 10.6. The molecule has 3 aromatic rings. The standard InChI is InChI=1S/C20H24N6O4S2/c1-4-25(5-2)32(28,29)18-12-6-15(7-13-18)21-19(27)14-31-20-22-23-24-26(20)16-8-10-17(30-3)11-9-16/h6-13H,4-5,14H2,1-3H3,(H,21,27). The molecule has 0 spiro atoms. The van der Waals surface area contributed by atoms with E-state index in [2.05, 4.69) is 20.8 Å². The SMILES string of the molecule is CCN(CC)S(=O)(=O)c1ccc(NC(=O)CSc2nnnn2-c2ccc(OC)cc2)cc1. The molecule has 0 radical (unpaired) electrons. The number of carbonyl (C=O) groups excluding carboxylic acids is 1. The van der Waals surface area contributed by atoms with E-state index in [0.717, 1.165) is 5.69 Å². The molecule has 0 saturated heterocycles. The Balaban J connectivity index is 1.61. The highest BCUT2D eigenvalue weighted by Crippen LogP contribution is 2.21. The molecule has 1 amide bonds. The number of nitrogens with zero attached hydrogens (tertiary/aromatic N) is 5. The number of hydrogen-bond acceptors (Lipinski definition) is 8. The maximum Gasteiger partial charge on any atom is 0.243 e. The number of aromatic nitrogens is 4. The first kappa shape index (κ1) is 23.7. The number of sulfonamides is 1. The molecule has 10 nitrogen and oxygen atoms in total. The fraction of sp³-hybridized carbons (Fsp3) is 0.300. The molecule has 0 unspecified atom stereocenters. The lowest BCUT2D eigenvalue weighted by Gasteiger charge is -2.18. The van der Waals surface area contributed by atoms with E-state index in [1.54, 1.807) is 45.2 Å². The zero-order chi connectivity index (χ0) is 23.1. The summed E-state index contributed by atoms with van der Waals surface area (Å²) in [6, 6.07) is 13.3. The van der Waals surface area contributed by atoms with E-state index in [1.807, 2.05) is 12.1 Å². The summed E-state index contributed by atoms with van der Waals surface area (Å²) in [4.78, 5) is 12.6. The molecule has 170 valence electrons. The molecule has 0 atom stereocenters. The number of hydrogen-bond donors (Lipinski definition) is 1. The monoisotopic (exact) mass is 476 g/mol. The second-order valence-electron chi connectivity index (χ2n) is 6.52. The van der Waals surface area contributed by atoms with E-state index in [4.69, 9.17) is 4.74 Å². The number of anilines is 1. The number of amides is 1. The number of carbonyl (C=O) groups is 1. The predicted octanol–water partition coefficient (Wildman–Crippen LogP) is 2.43. The Morgan fingerprint density at radius 1 is 1.09 bits per heavy atom. The van der Waals surface area contributed by atoms with Crippen molar-refractivity contribution in [3.05, 3.63) is 48.5 Å². The van der Waals surface area contributed by atoms with Gasteiger partial charge in [0.2, 0.25) is 21.1 Å². The van der Waals surface area contributed by atoms with Gasteiger partial charge in [0.25, 0.3) is 0 Å². The number of methoxy groups -OCH3 is 1. The van der Waals surface area contributed by atoms with Crippen molar-refractivity contribution in [2.45, 2.75) is 23.9 Å². The van der Waals surface area contributed by atoms with E-state index >= 15 is 0 Å². The van der Waals surface area contributed by atoms with Gasteiger partial charge in [-0.1, -0.05) is 25.6 Å². The van der Waals surface area contributed by atoms with Gasteiger partial charge in [0.05, 0.1) is 23.4 Å². The smallest absolute Gasteiger partial charge is 0.243 e. The van der Waals surface area contributed by atoms with Crippen molar-refractivity contribution in [3.63, 3.8) is 0 Å². The molecule has 3 rings (SSSR count). The summed E-state index contributed by atoms with van der Waals surface area (Å²) in [5.41, 5.74) is 1.24. The van der Waals surface area contributed by atoms with Crippen molar-refractivity contribution < 1.29 is 17.9 Å². The van der Waals surface area contributed by atoms with E-state index in [9.17, 15) is 13.2 Å². The van der Waals surface area contributed by atoms with Gasteiger partial charge in [-0.3, -0.25) is 4.79 Å². The highest BCUT2D eigenvalue weighted by molar-refractivity contribution is 7.99. The van der Waals surface area contributed by atoms with E-state index in [-0.39, 0.29) is 16.6 Å². The van der Waals surface area contributed by atoms with Crippen LogP contribution >= 0.6 is 11.8 Å². The third-order valence-electron chi connectivity index (χ3n) is 4.57. The van der Waals surface area contributed by atoms with E-state index in [1.165, 1.54) is 32.9 Å². The minimum absolute atomic E-state index is 0.0794. The Hall–Kier alpha value is -2.96. The quantitative estimate of drug-likeness (QED) is 0.443. The number of rotatable bonds is 10. The Kier molecular flexibility index (Phi) is 7.83. The Morgan fingerprint density at radius 2 is 1.75 bits per heavy atom. The van der Waals surface area contributed by atoms with Crippen molar-refractivity contribution in [1.82, 2.24) is 24.5 Å². The predicted molar refractivity (Wildman–Crippen MR) is 122 cm³/mol. The molecule has 0 fully saturated rings. The van der Waals surface area contributed by atoms with Crippen LogP contribution in [0.25, 0.3) is 5.69 Å². The average Bonchev–Trinajstić information content (AvgIpc) is 3.27. The third-order valence-corrected chi connectivity index (χ3v) is 7.55. The molecule has 12 heteroatoms. The van der Waals surface area contributed by atoms with Crippen LogP contribution in [-0.4, -0.2) is 64.8 Å². The van der Waals surface area contributed by atoms with Crippen LogP contribution < -0.4 is 10.1 Å². The van der Waals surface area contributed by atoms with Gasteiger partial charge in [0, 0.05) is 18.8 Å². The fourth-order valence-electron chi connectivity index (χ4n) is 2.90. The zero-order valence-electron chi connectivity index (χ0n) is 17.9. The van der Waals surface area contributed by atoms with Crippen LogP contribution in [0.2, 0.25) is 0 Å². The lowest BCUT2D eigenvalue weighted by atomic mass is 10.3. The number of tetrazole rings is 1. The summed E-state index contributed by atoms with van der Waals surface area (Å²) in [7, 11) is -1.95. The van der Waals surface area contributed by atoms with Crippen LogP contribution in [0.3, 0.4) is 0 Å². The molecule has 2 aromatic carbocycles. The van der Waals surface area contributed by atoms with Crippen molar-refractivity contribution in [2.24, 2.45) is 0 Å². The van der Waals surface area contributed by atoms with Gasteiger partial charge in [0.1, 0.15) is 5.75 Å². The summed E-state index contributed by atoms with van der Waals surface area (Å²) in [5.74, 6) is 0.528. The van der Waals surface area contributed by atoms with Gasteiger partial charge >= 0.3 is 0 Å². The third kappa shape index (κ3) is 5.44. The van der Waals surface area contributed by atoms with Gasteiger partial charge in [-0.15, -0.1) is 5.10 Å². The molecule has 0 aliphatic carbocycles. The van der Waals surface area contributed by atoms with E-state index in [0.29, 0.717) is 29.7 Å². The first-order valence-electron chi connectivity index (χ1n) is 9.84. The number of ether oxygens (including phenoxy) is 1. The minimum Gasteiger partial charge on any atom is -0.497 e. The molecule has 0 aliphatic heterocycles. The van der Waals surface area contributed by atoms with Gasteiger partial charge in [-0.05, 0) is 59.0 Å². The molecule has 0 bridgehead atoms. The molecule has 1 N–H and O–H groups in total. The van der Waals surface area contributed by atoms with Crippen LogP contribution in [0.5, 0.6) is 5.75 Å². The van der Waals surface area contributed by atoms with Crippen LogP contribution in [0.1, 0.15) is 13.8 Å². The summed E-state index contributed by atoms with van der Waals surface area (Å²) in [5, 5.41) is 14.8. The van der Waals surface area contributed by atoms with Gasteiger partial charge < -0.3 is 10.1 Å². The Bertz CT molecular complexity index is 1140. The molecule has 1 aromatic heterocycles. The molecular weight excluding hydrogens is 452 g/mol. The first-order valence-corrected chi connectivity index (χ1v) is 12.3. The van der Waals surface area contributed by atoms with Crippen molar-refractivity contribution in [2.75, 3.05) is 31.3 Å². The van der Waals surface area contributed by atoms with Gasteiger partial charge in [-0.2, -0.15) is 8.99 Å². The van der Waals surface area contributed by atoms with Crippen molar-refractivity contribution in [1.29, 1.82) is 0 Å². The zero-order valence-corrected chi connectivity index (χ0v) is 19.6. The first-order chi connectivity index (χ1) is 15.4. The van der Waals surface area contributed by atoms with Crippen molar-refractivity contribution in [3.8, 4) is 11.4 Å². The number of benzene rings is 2. The topological polar surface area (TPSA) is 119 Å². The maximum atomic E-state index is 12.6. The van der Waals surface area contributed by atoms with Crippen LogP contribution in [0.4, 0.5) is 5.69 Å². The summed E-state index contributed by atoms with van der Waals surface area (Å²) in [6.45, 7) is 4.37. The van der Waals surface area contributed by atoms with Crippen LogP contribution in [0.15, 0.2) is 58.6 Å². The largest absolute Gasteiger partial charge is 0.497 e. The highest BCUT2D eigenvalue weighted by atomic mass is 32.2.